The first-order chi connectivity index (χ1) is 44.4. The van der Waals surface area contributed by atoms with Crippen LogP contribution in [-0.4, -0.2) is 96.7 Å². The van der Waals surface area contributed by atoms with E-state index in [1.165, 1.54) is 193 Å². The Morgan fingerprint density at radius 1 is 0.315 bits per heavy atom. The Bertz CT molecular complexity index is 1790. The molecule has 17 nitrogen and oxygen atoms in total. The number of phosphoric acid groups is 2. The van der Waals surface area contributed by atoms with E-state index < -0.39 is 97.5 Å². The van der Waals surface area contributed by atoms with E-state index in [0.29, 0.717) is 25.7 Å². The lowest BCUT2D eigenvalue weighted by Gasteiger charge is -2.21. The number of carbonyl (C=O) groups is 4. The summed E-state index contributed by atoms with van der Waals surface area (Å²) in [6.07, 6.45) is 51.2. The molecule has 0 amide bonds. The predicted octanol–water partition coefficient (Wildman–Crippen LogP) is 21.2. The molecule has 0 saturated carbocycles. The number of ether oxygens (including phenoxy) is 4. The van der Waals surface area contributed by atoms with E-state index in [4.69, 9.17) is 37.0 Å². The minimum Gasteiger partial charge on any atom is -0.462 e. The molecule has 0 aromatic heterocycles. The van der Waals surface area contributed by atoms with Crippen molar-refractivity contribution in [1.29, 1.82) is 0 Å². The third-order valence-corrected chi connectivity index (χ3v) is 19.2. The van der Waals surface area contributed by atoms with Crippen molar-refractivity contribution in [3.05, 3.63) is 0 Å². The topological polar surface area (TPSA) is 237 Å². The SMILES string of the molecule is CCCCCCCCCCCCC(=O)OC[C@H](COP(=O)(O)OC[C@H](O)COP(=O)(O)OC[C@@H](COC(=O)CCCCCCCCCCCCC(C)CC)OC(=O)CCCCCCCCCCCCCCCCCC(C)C)OC(=O)CCCCCCCCCCCC. The summed E-state index contributed by atoms with van der Waals surface area (Å²) in [7, 11) is -9.90. The summed E-state index contributed by atoms with van der Waals surface area (Å²) in [6.45, 7) is 9.61. The Morgan fingerprint density at radius 2 is 0.554 bits per heavy atom. The van der Waals surface area contributed by atoms with Gasteiger partial charge in [-0.25, -0.2) is 9.13 Å². The number of hydrogen-bond acceptors (Lipinski definition) is 15. The largest absolute Gasteiger partial charge is 0.472 e. The Kier molecular flexibility index (Phi) is 63.7. The van der Waals surface area contributed by atoms with E-state index in [1.807, 2.05) is 0 Å². The zero-order chi connectivity index (χ0) is 67.9. The molecule has 19 heteroatoms. The van der Waals surface area contributed by atoms with Gasteiger partial charge < -0.3 is 33.8 Å². The first-order valence-corrected chi connectivity index (χ1v) is 41.0. The van der Waals surface area contributed by atoms with Crippen LogP contribution in [0.15, 0.2) is 0 Å². The van der Waals surface area contributed by atoms with Crippen molar-refractivity contribution < 1.29 is 80.2 Å². The molecule has 3 N–H and O–H groups in total. The molecular weight excluding hydrogens is 1210 g/mol. The molecule has 0 heterocycles. The normalized spacial score (nSPS) is 14.4. The molecule has 3 unspecified atom stereocenters. The Balaban J connectivity index is 5.23. The maximum atomic E-state index is 13.1. The van der Waals surface area contributed by atoms with Crippen LogP contribution in [0.1, 0.15) is 375 Å². The van der Waals surface area contributed by atoms with Gasteiger partial charge >= 0.3 is 39.5 Å². The van der Waals surface area contributed by atoms with Crippen molar-refractivity contribution in [2.75, 3.05) is 39.6 Å². The molecule has 0 rings (SSSR count). The van der Waals surface area contributed by atoms with Crippen LogP contribution in [-0.2, 0) is 65.4 Å². The van der Waals surface area contributed by atoms with Crippen molar-refractivity contribution in [2.24, 2.45) is 11.8 Å². The first-order valence-electron chi connectivity index (χ1n) is 38.0. The van der Waals surface area contributed by atoms with Gasteiger partial charge in [0.1, 0.15) is 19.3 Å². The molecule has 6 atom stereocenters. The molecule has 546 valence electrons. The fourth-order valence-corrected chi connectivity index (χ4v) is 12.7. The van der Waals surface area contributed by atoms with Crippen LogP contribution < -0.4 is 0 Å². The van der Waals surface area contributed by atoms with Crippen LogP contribution in [0.2, 0.25) is 0 Å². The van der Waals surface area contributed by atoms with Crippen LogP contribution in [0, 0.1) is 11.8 Å². The van der Waals surface area contributed by atoms with Gasteiger partial charge in [0.15, 0.2) is 12.2 Å². The average molecular weight is 1350 g/mol. The minimum atomic E-state index is -4.95. The van der Waals surface area contributed by atoms with Crippen molar-refractivity contribution in [2.45, 2.75) is 394 Å². The highest BCUT2D eigenvalue weighted by Gasteiger charge is 2.30. The molecule has 0 fully saturated rings. The fraction of sp³-hybridized carbons (Fsp3) is 0.945. The lowest BCUT2D eigenvalue weighted by Crippen LogP contribution is -2.30. The summed E-state index contributed by atoms with van der Waals surface area (Å²) >= 11 is 0. The van der Waals surface area contributed by atoms with E-state index in [2.05, 4.69) is 41.5 Å². The summed E-state index contributed by atoms with van der Waals surface area (Å²) in [6, 6.07) is 0. The quantitative estimate of drug-likeness (QED) is 0.0222. The van der Waals surface area contributed by atoms with E-state index in [-0.39, 0.29) is 25.7 Å². The lowest BCUT2D eigenvalue weighted by molar-refractivity contribution is -0.161. The van der Waals surface area contributed by atoms with Gasteiger partial charge in [-0.05, 0) is 37.5 Å². The van der Waals surface area contributed by atoms with E-state index in [1.54, 1.807) is 0 Å². The van der Waals surface area contributed by atoms with Crippen molar-refractivity contribution in [3.8, 4) is 0 Å². The second kappa shape index (κ2) is 65.0. The van der Waals surface area contributed by atoms with Crippen LogP contribution in [0.5, 0.6) is 0 Å². The fourth-order valence-electron chi connectivity index (χ4n) is 11.1. The number of carbonyl (C=O) groups excluding carboxylic acids is 4. The number of unbranched alkanes of at least 4 members (excludes halogenated alkanes) is 41. The lowest BCUT2D eigenvalue weighted by atomic mass is 9.99. The molecule has 0 aromatic carbocycles. The highest BCUT2D eigenvalue weighted by atomic mass is 31.2. The molecule has 0 aliphatic carbocycles. The van der Waals surface area contributed by atoms with E-state index >= 15 is 0 Å². The molecular formula is C73H142O17P2. The predicted molar refractivity (Wildman–Crippen MR) is 372 cm³/mol. The maximum absolute atomic E-state index is 13.1. The third kappa shape index (κ3) is 65.4. The van der Waals surface area contributed by atoms with Gasteiger partial charge in [-0.15, -0.1) is 0 Å². The van der Waals surface area contributed by atoms with Gasteiger partial charge in [0.25, 0.3) is 0 Å². The van der Waals surface area contributed by atoms with Crippen molar-refractivity contribution in [1.82, 2.24) is 0 Å². The number of phosphoric ester groups is 2. The monoisotopic (exact) mass is 1350 g/mol. The maximum Gasteiger partial charge on any atom is 0.472 e. The molecule has 0 saturated heterocycles. The number of rotatable bonds is 72. The highest BCUT2D eigenvalue weighted by Crippen LogP contribution is 2.45. The molecule has 0 radical (unpaired) electrons. The van der Waals surface area contributed by atoms with Gasteiger partial charge in [-0.1, -0.05) is 324 Å². The third-order valence-electron chi connectivity index (χ3n) is 17.3. The average Bonchev–Trinajstić information content (AvgIpc) is 1.77. The zero-order valence-electron chi connectivity index (χ0n) is 59.9. The van der Waals surface area contributed by atoms with Gasteiger partial charge in [0.05, 0.1) is 26.4 Å². The number of esters is 4. The van der Waals surface area contributed by atoms with Crippen molar-refractivity contribution in [3.63, 3.8) is 0 Å². The van der Waals surface area contributed by atoms with Crippen LogP contribution >= 0.6 is 15.6 Å². The summed E-state index contributed by atoms with van der Waals surface area (Å²) in [5.41, 5.74) is 0. The van der Waals surface area contributed by atoms with Crippen LogP contribution in [0.4, 0.5) is 0 Å². The van der Waals surface area contributed by atoms with E-state index in [9.17, 15) is 43.2 Å². The molecule has 0 bridgehead atoms. The Hall–Kier alpha value is -1.94. The Labute approximate surface area is 562 Å². The summed E-state index contributed by atoms with van der Waals surface area (Å²) < 4.78 is 68.4. The van der Waals surface area contributed by atoms with Crippen LogP contribution in [0.25, 0.3) is 0 Å². The summed E-state index contributed by atoms with van der Waals surface area (Å²) in [4.78, 5) is 72.6. The zero-order valence-corrected chi connectivity index (χ0v) is 61.6. The standard InChI is InChI=1S/C73H142O17P2/c1-7-10-12-14-16-18-31-37-43-49-55-70(75)83-61-68(89-72(77)57-51-45-39-32-19-17-15-13-11-8-2)63-87-91(79,80)85-59-67(74)60-86-92(81,82)88-64-69(62-84-71(76)56-50-44-38-33-28-27-30-36-42-48-54-66(6)9-3)90-73(78)58-52-46-40-34-26-24-22-20-21-23-25-29-35-41-47-53-65(4)5/h65-69,74H,7-64H2,1-6H3,(H,79,80)(H,81,82)/t66?,67-,68+,69+/m0/s1. The number of hydrogen-bond donors (Lipinski definition) is 3. The van der Waals surface area contributed by atoms with Crippen molar-refractivity contribution >= 4 is 39.5 Å². The molecule has 0 aliphatic heterocycles. The Morgan fingerprint density at radius 3 is 0.826 bits per heavy atom. The summed E-state index contributed by atoms with van der Waals surface area (Å²) in [5, 5.41) is 10.6. The first kappa shape index (κ1) is 90.1. The van der Waals surface area contributed by atoms with Gasteiger partial charge in [0, 0.05) is 25.7 Å². The molecule has 0 aromatic rings. The molecule has 92 heavy (non-hydrogen) atoms. The van der Waals surface area contributed by atoms with Gasteiger partial charge in [0.2, 0.25) is 0 Å². The van der Waals surface area contributed by atoms with Gasteiger partial charge in [-0.2, -0.15) is 0 Å². The van der Waals surface area contributed by atoms with Gasteiger partial charge in [-0.3, -0.25) is 37.3 Å². The second-order valence-electron chi connectivity index (χ2n) is 27.1. The number of aliphatic hydroxyl groups is 1. The molecule has 0 aliphatic rings. The summed E-state index contributed by atoms with van der Waals surface area (Å²) in [5.74, 6) is -0.507. The smallest absolute Gasteiger partial charge is 0.462 e. The van der Waals surface area contributed by atoms with Crippen LogP contribution in [0.3, 0.4) is 0 Å². The minimum absolute atomic E-state index is 0.107. The van der Waals surface area contributed by atoms with E-state index in [0.717, 1.165) is 102 Å². The highest BCUT2D eigenvalue weighted by molar-refractivity contribution is 7.47. The molecule has 0 spiro atoms. The second-order valence-corrected chi connectivity index (χ2v) is 30.0. The number of aliphatic hydroxyl groups excluding tert-OH is 1.